The predicted octanol–water partition coefficient (Wildman–Crippen LogP) is 1.02. The van der Waals surface area contributed by atoms with Crippen LogP contribution < -0.4 is 0 Å². The summed E-state index contributed by atoms with van der Waals surface area (Å²) in [5, 5.41) is 11.2. The molecule has 1 radical (unpaired) electrons. The lowest BCUT2D eigenvalue weighted by Gasteiger charge is -2.10. The third kappa shape index (κ3) is 5.98. The Kier molecular flexibility index (Phi) is 6.10. The largest absolute Gasteiger partial charge is 0.459 e. The zero-order valence-electron chi connectivity index (χ0n) is 9.45. The lowest BCUT2D eigenvalue weighted by Crippen LogP contribution is -2.24. The number of carbonyl (C=O) groups is 2. The molecule has 0 heterocycles. The molecule has 16 heavy (non-hydrogen) atoms. The molecule has 0 aromatic carbocycles. The highest BCUT2D eigenvalue weighted by Gasteiger charge is 2.13. The van der Waals surface area contributed by atoms with Gasteiger partial charge in [0.1, 0.15) is 13.2 Å². The molecule has 0 aliphatic carbocycles. The summed E-state index contributed by atoms with van der Waals surface area (Å²) in [6, 6.07) is 0. The summed E-state index contributed by atoms with van der Waals surface area (Å²) in [6.45, 7) is 8.96. The Bertz CT molecular complexity index is 275. The fraction of sp³-hybridized carbons (Fsp3) is 0.455. The standard InChI is InChI=1S/C11H15O5/c1-7(2)10(13)15-5-9(12)6-16-11(14)8(3)4/h9H,1,3,5-6H2,2,4H3. The van der Waals surface area contributed by atoms with Crippen molar-refractivity contribution in [3.05, 3.63) is 24.3 Å². The van der Waals surface area contributed by atoms with Gasteiger partial charge in [-0.05, 0) is 13.8 Å². The molecule has 0 aromatic heterocycles. The molecule has 0 spiro atoms. The van der Waals surface area contributed by atoms with E-state index in [-0.39, 0.29) is 24.4 Å². The smallest absolute Gasteiger partial charge is 0.333 e. The molecule has 0 saturated carbocycles. The summed E-state index contributed by atoms with van der Waals surface area (Å²) in [5.74, 6) is -1.26. The van der Waals surface area contributed by atoms with Crippen LogP contribution in [0.25, 0.3) is 0 Å². The molecule has 0 unspecified atom stereocenters. The van der Waals surface area contributed by atoms with Crippen molar-refractivity contribution >= 4 is 11.9 Å². The third-order valence-corrected chi connectivity index (χ3v) is 1.50. The Morgan fingerprint density at radius 1 is 1.00 bits per heavy atom. The first kappa shape index (κ1) is 14.4. The highest BCUT2D eigenvalue weighted by atomic mass is 16.6. The van der Waals surface area contributed by atoms with Gasteiger partial charge in [0, 0.05) is 11.1 Å². The van der Waals surface area contributed by atoms with E-state index < -0.39 is 18.0 Å². The summed E-state index contributed by atoms with van der Waals surface area (Å²) in [5.41, 5.74) is 0.428. The molecule has 0 atom stereocenters. The number of ether oxygens (including phenoxy) is 2. The fourth-order valence-electron chi connectivity index (χ4n) is 0.632. The number of rotatable bonds is 6. The van der Waals surface area contributed by atoms with Crippen LogP contribution in [-0.4, -0.2) is 31.3 Å². The first-order chi connectivity index (χ1) is 7.34. The number of hydrogen-bond acceptors (Lipinski definition) is 4. The average molecular weight is 227 g/mol. The highest BCUT2D eigenvalue weighted by Crippen LogP contribution is 1.97. The monoisotopic (exact) mass is 227 g/mol. The maximum Gasteiger partial charge on any atom is 0.333 e. The van der Waals surface area contributed by atoms with Gasteiger partial charge >= 0.3 is 11.9 Å². The second-order valence-electron chi connectivity index (χ2n) is 3.38. The Morgan fingerprint density at radius 2 is 1.31 bits per heavy atom. The summed E-state index contributed by atoms with van der Waals surface area (Å²) in [4.78, 5) is 21.8. The van der Waals surface area contributed by atoms with E-state index in [0.29, 0.717) is 0 Å². The number of carbonyl (C=O) groups excluding carboxylic acids is 2. The fourth-order valence-corrected chi connectivity index (χ4v) is 0.632. The van der Waals surface area contributed by atoms with Crippen molar-refractivity contribution in [2.45, 2.75) is 20.0 Å². The normalized spacial score (nSPS) is 9.75. The Labute approximate surface area is 94.4 Å². The molecule has 0 bridgehead atoms. The molecular weight excluding hydrogens is 212 g/mol. The molecule has 0 aliphatic heterocycles. The number of esters is 2. The van der Waals surface area contributed by atoms with Crippen molar-refractivity contribution in [2.75, 3.05) is 13.2 Å². The van der Waals surface area contributed by atoms with E-state index in [1.165, 1.54) is 13.8 Å². The molecule has 89 valence electrons. The van der Waals surface area contributed by atoms with Gasteiger partial charge in [0.2, 0.25) is 0 Å². The van der Waals surface area contributed by atoms with Crippen LogP contribution in [0.2, 0.25) is 0 Å². The zero-order chi connectivity index (χ0) is 12.7. The van der Waals surface area contributed by atoms with Crippen LogP contribution in [0, 0.1) is 0 Å². The molecule has 0 aliphatic rings. The van der Waals surface area contributed by atoms with E-state index in [4.69, 9.17) is 0 Å². The van der Waals surface area contributed by atoms with Crippen LogP contribution in [0.4, 0.5) is 0 Å². The summed E-state index contributed by atoms with van der Waals surface area (Å²) >= 11 is 0. The van der Waals surface area contributed by atoms with Crippen molar-refractivity contribution in [1.82, 2.24) is 0 Å². The first-order valence-corrected chi connectivity index (χ1v) is 4.65. The lowest BCUT2D eigenvalue weighted by atomic mass is 10.3. The Hall–Kier alpha value is -1.62. The maximum atomic E-state index is 11.2. The van der Waals surface area contributed by atoms with Crippen LogP contribution >= 0.6 is 0 Å². The van der Waals surface area contributed by atoms with Gasteiger partial charge in [-0.3, -0.25) is 0 Å². The van der Waals surface area contributed by atoms with Crippen LogP contribution in [0.1, 0.15) is 13.8 Å². The molecule has 0 amide bonds. The van der Waals surface area contributed by atoms with E-state index in [0.717, 1.165) is 0 Å². The molecule has 0 aromatic rings. The summed E-state index contributed by atoms with van der Waals surface area (Å²) in [7, 11) is 0. The van der Waals surface area contributed by atoms with Gasteiger partial charge in [-0.2, -0.15) is 0 Å². The van der Waals surface area contributed by atoms with Gasteiger partial charge in [0.05, 0.1) is 0 Å². The lowest BCUT2D eigenvalue weighted by molar-refractivity contribution is -0.150. The first-order valence-electron chi connectivity index (χ1n) is 4.65. The van der Waals surface area contributed by atoms with Gasteiger partial charge < -0.3 is 9.47 Å². The molecule has 0 N–H and O–H groups in total. The molecule has 5 nitrogen and oxygen atoms in total. The SMILES string of the molecule is C=C(C)C(=O)OCC([O])COC(=O)C(=C)C. The molecule has 0 fully saturated rings. The average Bonchev–Trinajstić information content (AvgIpc) is 2.21. The molecule has 0 rings (SSSR count). The second kappa shape index (κ2) is 6.79. The molecule has 5 heteroatoms. The van der Waals surface area contributed by atoms with E-state index in [1.807, 2.05) is 0 Å². The third-order valence-electron chi connectivity index (χ3n) is 1.50. The van der Waals surface area contributed by atoms with Gasteiger partial charge in [-0.25, -0.2) is 14.7 Å². The topological polar surface area (TPSA) is 72.5 Å². The van der Waals surface area contributed by atoms with Crippen molar-refractivity contribution in [3.63, 3.8) is 0 Å². The van der Waals surface area contributed by atoms with Crippen molar-refractivity contribution in [3.8, 4) is 0 Å². The van der Waals surface area contributed by atoms with Crippen molar-refractivity contribution in [2.24, 2.45) is 0 Å². The quantitative estimate of drug-likeness (QED) is 0.501. The van der Waals surface area contributed by atoms with Crippen LogP contribution in [-0.2, 0) is 24.2 Å². The van der Waals surface area contributed by atoms with Crippen molar-refractivity contribution < 1.29 is 24.2 Å². The van der Waals surface area contributed by atoms with Crippen LogP contribution in [0.5, 0.6) is 0 Å². The molecular formula is C11H15O5. The van der Waals surface area contributed by atoms with Gasteiger partial charge in [-0.15, -0.1) is 0 Å². The van der Waals surface area contributed by atoms with Gasteiger partial charge in [-0.1, -0.05) is 13.2 Å². The summed E-state index contributed by atoms with van der Waals surface area (Å²) in [6.07, 6.45) is -1.30. The van der Waals surface area contributed by atoms with E-state index in [1.54, 1.807) is 0 Å². The van der Waals surface area contributed by atoms with Crippen molar-refractivity contribution in [1.29, 1.82) is 0 Å². The van der Waals surface area contributed by atoms with Gasteiger partial charge in [0.15, 0.2) is 6.10 Å². The minimum absolute atomic E-state index is 0.214. The maximum absolute atomic E-state index is 11.2. The minimum atomic E-state index is -1.30. The van der Waals surface area contributed by atoms with E-state index >= 15 is 0 Å². The predicted molar refractivity (Wildman–Crippen MR) is 56.0 cm³/mol. The van der Waals surface area contributed by atoms with Gasteiger partial charge in [0.25, 0.3) is 0 Å². The second-order valence-corrected chi connectivity index (χ2v) is 3.38. The van der Waals surface area contributed by atoms with Crippen LogP contribution in [0.3, 0.4) is 0 Å². The van der Waals surface area contributed by atoms with E-state index in [9.17, 15) is 14.7 Å². The molecule has 0 saturated heterocycles. The summed E-state index contributed by atoms with van der Waals surface area (Å²) < 4.78 is 9.19. The highest BCUT2D eigenvalue weighted by molar-refractivity contribution is 5.87. The Balaban J connectivity index is 3.79. The number of hydrogen-bond donors (Lipinski definition) is 0. The minimum Gasteiger partial charge on any atom is -0.459 e. The van der Waals surface area contributed by atoms with E-state index in [2.05, 4.69) is 22.6 Å². The van der Waals surface area contributed by atoms with Crippen LogP contribution in [0.15, 0.2) is 24.3 Å². The zero-order valence-corrected chi connectivity index (χ0v) is 9.45. The Morgan fingerprint density at radius 3 is 1.56 bits per heavy atom.